The van der Waals surface area contributed by atoms with Gasteiger partial charge in [-0.05, 0) is 25.5 Å². The Morgan fingerprint density at radius 2 is 1.90 bits per heavy atom. The van der Waals surface area contributed by atoms with E-state index in [-0.39, 0.29) is 0 Å². The van der Waals surface area contributed by atoms with E-state index in [1.54, 1.807) is 26.5 Å². The molecule has 1 aliphatic heterocycles. The first-order valence-electron chi connectivity index (χ1n) is 9.75. The Balaban J connectivity index is 2.00. The number of fused-ring (bicyclic) bond motifs is 1. The maximum absolute atomic E-state index is 10.3. The van der Waals surface area contributed by atoms with Gasteiger partial charge in [-0.3, -0.25) is 0 Å². The molecule has 0 atom stereocenters. The zero-order chi connectivity index (χ0) is 21.6. The van der Waals surface area contributed by atoms with Gasteiger partial charge in [0.25, 0.3) is 0 Å². The maximum atomic E-state index is 10.3. The third-order valence-electron chi connectivity index (χ3n) is 5.42. The average molecular weight is 429 g/mol. The summed E-state index contributed by atoms with van der Waals surface area (Å²) in [5.74, 6) is 2.37. The zero-order valence-electron chi connectivity index (χ0n) is 17.5. The van der Waals surface area contributed by atoms with Gasteiger partial charge in [-0.25, -0.2) is 9.97 Å². The van der Waals surface area contributed by atoms with Crippen LogP contribution in [0.1, 0.15) is 19.4 Å². The number of hydrogen-bond acceptors (Lipinski definition) is 7. The molecule has 1 aliphatic rings. The van der Waals surface area contributed by atoms with Crippen LogP contribution in [0.15, 0.2) is 24.4 Å². The van der Waals surface area contributed by atoms with Crippen molar-refractivity contribution in [2.75, 3.05) is 37.9 Å². The van der Waals surface area contributed by atoms with E-state index < -0.39 is 5.60 Å². The summed E-state index contributed by atoms with van der Waals surface area (Å²) in [5.41, 5.74) is 7.60. The number of rotatable bonds is 5. The molecule has 30 heavy (non-hydrogen) atoms. The molecule has 1 saturated heterocycles. The van der Waals surface area contributed by atoms with Gasteiger partial charge in [-0.1, -0.05) is 18.5 Å². The van der Waals surface area contributed by atoms with Crippen molar-refractivity contribution in [2.24, 2.45) is 0 Å². The molecule has 158 valence electrons. The monoisotopic (exact) mass is 428 g/mol. The van der Waals surface area contributed by atoms with Gasteiger partial charge in [0.2, 0.25) is 0 Å². The second kappa shape index (κ2) is 7.49. The number of aliphatic hydroxyl groups is 1. The lowest BCUT2D eigenvalue weighted by atomic mass is 9.95. The molecular weight excluding hydrogens is 404 g/mol. The van der Waals surface area contributed by atoms with E-state index in [2.05, 4.69) is 4.98 Å². The number of halogens is 1. The lowest BCUT2D eigenvalue weighted by molar-refractivity contribution is 0.0307. The number of β-amino-alcohol motifs (C(OH)–C–C–N with tert-alkyl or cyclic N) is 1. The average Bonchev–Trinajstić information content (AvgIpc) is 2.70. The summed E-state index contributed by atoms with van der Waals surface area (Å²) in [7, 11) is 3.20. The van der Waals surface area contributed by atoms with E-state index in [4.69, 9.17) is 31.8 Å². The second-order valence-electron chi connectivity index (χ2n) is 7.82. The number of pyridine rings is 2. The Morgan fingerprint density at radius 1 is 1.20 bits per heavy atom. The fraction of sp³-hybridized carbons (Fsp3) is 0.364. The van der Waals surface area contributed by atoms with E-state index in [1.807, 2.05) is 30.9 Å². The van der Waals surface area contributed by atoms with E-state index >= 15 is 0 Å². The molecule has 1 fully saturated rings. The van der Waals surface area contributed by atoms with Crippen molar-refractivity contribution in [3.05, 3.63) is 35.0 Å². The topological polar surface area (TPSA) is 93.7 Å². The summed E-state index contributed by atoms with van der Waals surface area (Å²) < 4.78 is 11.1. The molecule has 0 radical (unpaired) electrons. The third-order valence-corrected chi connectivity index (χ3v) is 5.80. The van der Waals surface area contributed by atoms with Gasteiger partial charge in [0.05, 0.1) is 30.5 Å². The predicted molar refractivity (Wildman–Crippen MR) is 120 cm³/mol. The third kappa shape index (κ3) is 3.38. The predicted octanol–water partition coefficient (Wildman–Crippen LogP) is 3.68. The van der Waals surface area contributed by atoms with Crippen LogP contribution < -0.4 is 20.1 Å². The Bertz CT molecular complexity index is 1130. The molecule has 4 rings (SSSR count). The number of benzene rings is 1. The zero-order valence-corrected chi connectivity index (χ0v) is 18.2. The number of hydrogen-bond donors (Lipinski definition) is 2. The normalized spacial score (nSPS) is 15.2. The van der Waals surface area contributed by atoms with Crippen molar-refractivity contribution >= 4 is 34.0 Å². The molecule has 3 heterocycles. The summed E-state index contributed by atoms with van der Waals surface area (Å²) in [5, 5.41) is 12.5. The highest BCUT2D eigenvalue weighted by Crippen LogP contribution is 2.44. The van der Waals surface area contributed by atoms with E-state index in [1.165, 1.54) is 0 Å². The molecule has 0 saturated carbocycles. The fourth-order valence-corrected chi connectivity index (χ4v) is 4.38. The number of nitrogen functional groups attached to an aromatic ring is 1. The lowest BCUT2D eigenvalue weighted by Crippen LogP contribution is -2.60. The highest BCUT2D eigenvalue weighted by molar-refractivity contribution is 6.35. The molecule has 0 unspecified atom stereocenters. The largest absolute Gasteiger partial charge is 0.496 e. The Morgan fingerprint density at radius 3 is 2.50 bits per heavy atom. The van der Waals surface area contributed by atoms with Crippen molar-refractivity contribution in [1.29, 1.82) is 0 Å². The minimum Gasteiger partial charge on any atom is -0.496 e. The number of ether oxygens (including phenoxy) is 2. The van der Waals surface area contributed by atoms with Crippen LogP contribution in [-0.2, 0) is 6.42 Å². The first-order chi connectivity index (χ1) is 14.3. The van der Waals surface area contributed by atoms with Crippen molar-refractivity contribution in [3.63, 3.8) is 0 Å². The molecule has 7 nitrogen and oxygen atoms in total. The van der Waals surface area contributed by atoms with Crippen LogP contribution in [0.5, 0.6) is 11.5 Å². The molecule has 0 aliphatic carbocycles. The second-order valence-corrected chi connectivity index (χ2v) is 8.19. The number of nitrogens with two attached hydrogens (primary N) is 1. The maximum Gasteiger partial charge on any atom is 0.141 e. The summed E-state index contributed by atoms with van der Waals surface area (Å²) in [6.45, 7) is 4.82. The van der Waals surface area contributed by atoms with Crippen LogP contribution in [0.4, 0.5) is 11.6 Å². The van der Waals surface area contributed by atoms with Crippen molar-refractivity contribution < 1.29 is 14.6 Å². The molecule has 8 heteroatoms. The number of methoxy groups -OCH3 is 2. The first-order valence-corrected chi connectivity index (χ1v) is 10.1. The smallest absolute Gasteiger partial charge is 0.141 e. The van der Waals surface area contributed by atoms with Crippen LogP contribution >= 0.6 is 11.6 Å². The quantitative estimate of drug-likeness (QED) is 0.640. The van der Waals surface area contributed by atoms with E-state index in [0.717, 1.165) is 27.7 Å². The molecule has 2 aromatic heterocycles. The fourth-order valence-electron chi connectivity index (χ4n) is 4.04. The van der Waals surface area contributed by atoms with Crippen molar-refractivity contribution in [1.82, 2.24) is 9.97 Å². The van der Waals surface area contributed by atoms with Crippen LogP contribution in [0.2, 0.25) is 5.02 Å². The summed E-state index contributed by atoms with van der Waals surface area (Å²) in [6.07, 6.45) is 2.43. The van der Waals surface area contributed by atoms with Gasteiger partial charge in [0.15, 0.2) is 0 Å². The van der Waals surface area contributed by atoms with Gasteiger partial charge in [-0.15, -0.1) is 0 Å². The minimum absolute atomic E-state index is 0.418. The van der Waals surface area contributed by atoms with Crippen LogP contribution in [-0.4, -0.2) is 48.0 Å². The van der Waals surface area contributed by atoms with Gasteiger partial charge in [0.1, 0.15) is 23.1 Å². The highest BCUT2D eigenvalue weighted by atomic mass is 35.5. The molecule has 0 bridgehead atoms. The molecule has 0 spiro atoms. The summed E-state index contributed by atoms with van der Waals surface area (Å²) in [4.78, 5) is 11.2. The van der Waals surface area contributed by atoms with Crippen molar-refractivity contribution in [2.45, 2.75) is 25.9 Å². The minimum atomic E-state index is -0.742. The number of nitrogens with zero attached hydrogens (tertiary/aromatic N) is 3. The molecular formula is C22H25ClN4O3. The standard InChI is InChI=1S/C22H25ClN4O3/c1-5-13-16(29-3)8-17(30-4)20(23)19(13)15-6-12-9-25-18(24)7-14(12)21(26-15)27-10-22(2,28)11-27/h6-9,28H,5,10-11H2,1-4H3,(H2,24,25). The van der Waals surface area contributed by atoms with Crippen LogP contribution in [0.25, 0.3) is 22.0 Å². The Labute approximate surface area is 180 Å². The molecule has 3 N–H and O–H groups in total. The summed E-state index contributed by atoms with van der Waals surface area (Å²) in [6, 6.07) is 5.55. The van der Waals surface area contributed by atoms with E-state index in [9.17, 15) is 5.11 Å². The van der Waals surface area contributed by atoms with Gasteiger partial charge in [0, 0.05) is 47.3 Å². The van der Waals surface area contributed by atoms with Crippen LogP contribution in [0, 0.1) is 0 Å². The molecule has 0 amide bonds. The van der Waals surface area contributed by atoms with Gasteiger partial charge < -0.3 is 25.2 Å². The Hall–Kier alpha value is -2.77. The van der Waals surface area contributed by atoms with Crippen molar-refractivity contribution in [3.8, 4) is 22.8 Å². The Kier molecular flexibility index (Phi) is 5.11. The number of aromatic nitrogens is 2. The summed E-state index contributed by atoms with van der Waals surface area (Å²) >= 11 is 6.75. The number of anilines is 2. The lowest BCUT2D eigenvalue weighted by Gasteiger charge is -2.45. The molecule has 1 aromatic carbocycles. The first kappa shape index (κ1) is 20.5. The SMILES string of the molecule is CCc1c(OC)cc(OC)c(Cl)c1-c1cc2cnc(N)cc2c(N2CC(C)(O)C2)n1. The van der Waals surface area contributed by atoms with Crippen LogP contribution in [0.3, 0.4) is 0 Å². The van der Waals surface area contributed by atoms with Gasteiger partial charge >= 0.3 is 0 Å². The van der Waals surface area contributed by atoms with E-state index in [0.29, 0.717) is 47.5 Å². The van der Waals surface area contributed by atoms with Gasteiger partial charge in [-0.2, -0.15) is 0 Å². The highest BCUT2D eigenvalue weighted by Gasteiger charge is 2.38. The molecule has 3 aromatic rings.